The van der Waals surface area contributed by atoms with Crippen molar-refractivity contribution in [2.75, 3.05) is 11.9 Å². The summed E-state index contributed by atoms with van der Waals surface area (Å²) < 4.78 is 40.9. The molecule has 0 spiro atoms. The average Bonchev–Trinajstić information content (AvgIpc) is 2.36. The number of pyridine rings is 1. The van der Waals surface area contributed by atoms with Crippen LogP contribution in [0, 0.1) is 17.5 Å². The third-order valence-corrected chi connectivity index (χ3v) is 2.86. The van der Waals surface area contributed by atoms with Crippen molar-refractivity contribution >= 4 is 16.6 Å². The molecule has 0 aliphatic rings. The summed E-state index contributed by atoms with van der Waals surface area (Å²) in [7, 11) is 0. The van der Waals surface area contributed by atoms with Crippen LogP contribution in [-0.4, -0.2) is 11.5 Å². The predicted molar refractivity (Wildman–Crippen MR) is 69.8 cm³/mol. The van der Waals surface area contributed by atoms with Crippen molar-refractivity contribution in [3.05, 3.63) is 35.3 Å². The molecule has 2 aromatic rings. The summed E-state index contributed by atoms with van der Waals surface area (Å²) in [4.78, 5) is 4.03. The summed E-state index contributed by atoms with van der Waals surface area (Å²) in [6, 6.07) is 2.25. The van der Waals surface area contributed by atoms with Crippen molar-refractivity contribution in [2.45, 2.75) is 26.7 Å². The van der Waals surface area contributed by atoms with E-state index in [1.165, 1.54) is 0 Å². The molecule has 0 bridgehead atoms. The lowest BCUT2D eigenvalue weighted by Gasteiger charge is -2.12. The fourth-order valence-corrected chi connectivity index (χ4v) is 2.07. The highest BCUT2D eigenvalue weighted by atomic mass is 19.2. The largest absolute Gasteiger partial charge is 0.385 e. The zero-order valence-corrected chi connectivity index (χ0v) is 10.9. The Kier molecular flexibility index (Phi) is 3.93. The molecule has 1 aromatic heterocycles. The van der Waals surface area contributed by atoms with Crippen LogP contribution in [0.3, 0.4) is 0 Å². The zero-order chi connectivity index (χ0) is 14.0. The van der Waals surface area contributed by atoms with E-state index in [1.807, 2.05) is 13.8 Å². The fourth-order valence-electron chi connectivity index (χ4n) is 2.07. The van der Waals surface area contributed by atoms with Crippen molar-refractivity contribution < 1.29 is 13.2 Å². The van der Waals surface area contributed by atoms with Gasteiger partial charge in [-0.25, -0.2) is 18.2 Å². The molecule has 102 valence electrons. The molecule has 1 heterocycles. The van der Waals surface area contributed by atoms with E-state index in [9.17, 15) is 13.2 Å². The third-order valence-electron chi connectivity index (χ3n) is 2.86. The van der Waals surface area contributed by atoms with Gasteiger partial charge in [-0.1, -0.05) is 13.3 Å². The van der Waals surface area contributed by atoms with Crippen LogP contribution in [0.5, 0.6) is 0 Å². The highest BCUT2D eigenvalue weighted by Crippen LogP contribution is 2.29. The van der Waals surface area contributed by atoms with Gasteiger partial charge in [0, 0.05) is 24.0 Å². The minimum atomic E-state index is -1.21. The van der Waals surface area contributed by atoms with Gasteiger partial charge >= 0.3 is 0 Å². The first-order valence-electron chi connectivity index (χ1n) is 6.29. The lowest BCUT2D eigenvalue weighted by molar-refractivity contribution is 0.504. The highest BCUT2D eigenvalue weighted by Gasteiger charge is 2.17. The SMILES string of the molecule is CCCc1cc(NCC)c2c(F)cc(F)c(F)c2n1. The van der Waals surface area contributed by atoms with Gasteiger partial charge in [-0.15, -0.1) is 0 Å². The Morgan fingerprint density at radius 1 is 1.11 bits per heavy atom. The van der Waals surface area contributed by atoms with Gasteiger partial charge < -0.3 is 5.32 Å². The Bertz CT molecular complexity index is 611. The molecule has 1 N–H and O–H groups in total. The molecule has 0 amide bonds. The van der Waals surface area contributed by atoms with Gasteiger partial charge in [-0.2, -0.15) is 0 Å². The number of hydrogen-bond donors (Lipinski definition) is 1. The van der Waals surface area contributed by atoms with Gasteiger partial charge in [-0.05, 0) is 19.4 Å². The maximum Gasteiger partial charge on any atom is 0.185 e. The van der Waals surface area contributed by atoms with Crippen LogP contribution in [0.15, 0.2) is 12.1 Å². The van der Waals surface area contributed by atoms with Crippen LogP contribution in [-0.2, 0) is 6.42 Å². The summed E-state index contributed by atoms with van der Waals surface area (Å²) in [5.74, 6) is -3.12. The molecule has 1 aromatic carbocycles. The second-order valence-electron chi connectivity index (χ2n) is 4.32. The van der Waals surface area contributed by atoms with Gasteiger partial charge in [0.05, 0.1) is 5.39 Å². The normalized spacial score (nSPS) is 11.0. The molecule has 0 saturated carbocycles. The average molecular weight is 268 g/mol. The van der Waals surface area contributed by atoms with Crippen molar-refractivity contribution in [3.8, 4) is 0 Å². The third kappa shape index (κ3) is 2.50. The number of fused-ring (bicyclic) bond motifs is 1. The van der Waals surface area contributed by atoms with E-state index in [0.717, 1.165) is 6.42 Å². The Morgan fingerprint density at radius 2 is 1.84 bits per heavy atom. The van der Waals surface area contributed by atoms with Gasteiger partial charge in [0.1, 0.15) is 11.3 Å². The molecular weight excluding hydrogens is 253 g/mol. The van der Waals surface area contributed by atoms with Crippen LogP contribution in [0.4, 0.5) is 18.9 Å². The van der Waals surface area contributed by atoms with Crippen LogP contribution < -0.4 is 5.32 Å². The summed E-state index contributed by atoms with van der Waals surface area (Å²) in [5, 5.41) is 2.97. The molecule has 2 rings (SSSR count). The molecule has 0 aliphatic carbocycles. The van der Waals surface area contributed by atoms with Gasteiger partial charge in [0.2, 0.25) is 0 Å². The van der Waals surface area contributed by atoms with E-state index in [0.29, 0.717) is 30.4 Å². The zero-order valence-electron chi connectivity index (χ0n) is 10.9. The number of halogens is 3. The lowest BCUT2D eigenvalue weighted by atomic mass is 10.1. The van der Waals surface area contributed by atoms with E-state index in [4.69, 9.17) is 0 Å². The monoisotopic (exact) mass is 268 g/mol. The minimum absolute atomic E-state index is 0.000558. The molecule has 19 heavy (non-hydrogen) atoms. The van der Waals surface area contributed by atoms with Crippen molar-refractivity contribution in [1.29, 1.82) is 0 Å². The summed E-state index contributed by atoms with van der Waals surface area (Å²) >= 11 is 0. The first-order chi connectivity index (χ1) is 9.08. The number of hydrogen-bond acceptors (Lipinski definition) is 2. The minimum Gasteiger partial charge on any atom is -0.385 e. The Hall–Kier alpha value is -1.78. The number of benzene rings is 1. The first-order valence-corrected chi connectivity index (χ1v) is 6.29. The Morgan fingerprint density at radius 3 is 2.47 bits per heavy atom. The van der Waals surface area contributed by atoms with Crippen LogP contribution in [0.2, 0.25) is 0 Å². The van der Waals surface area contributed by atoms with E-state index in [1.54, 1.807) is 6.07 Å². The number of anilines is 1. The smallest absolute Gasteiger partial charge is 0.185 e. The molecule has 0 atom stereocenters. The van der Waals surface area contributed by atoms with E-state index in [-0.39, 0.29) is 10.9 Å². The van der Waals surface area contributed by atoms with Gasteiger partial charge in [0.15, 0.2) is 11.6 Å². The van der Waals surface area contributed by atoms with Crippen molar-refractivity contribution in [1.82, 2.24) is 4.98 Å². The number of nitrogens with zero attached hydrogens (tertiary/aromatic N) is 1. The molecule has 5 heteroatoms. The molecular formula is C14H15F3N2. The van der Waals surface area contributed by atoms with E-state index < -0.39 is 17.5 Å². The Balaban J connectivity index is 2.78. The van der Waals surface area contributed by atoms with Gasteiger partial charge in [-0.3, -0.25) is 0 Å². The Labute approximate surface area is 109 Å². The fraction of sp³-hybridized carbons (Fsp3) is 0.357. The standard InChI is InChI=1S/C14H15F3N2/c1-3-5-8-6-11(18-4-2)12-9(15)7-10(16)13(17)14(12)19-8/h6-7H,3-5H2,1-2H3,(H,18,19). The maximum atomic E-state index is 13.8. The van der Waals surface area contributed by atoms with Crippen molar-refractivity contribution in [3.63, 3.8) is 0 Å². The molecule has 0 fully saturated rings. The number of aryl methyl sites for hydroxylation is 1. The van der Waals surface area contributed by atoms with E-state index in [2.05, 4.69) is 10.3 Å². The summed E-state index contributed by atoms with van der Waals surface area (Å²) in [5.41, 5.74) is 0.821. The highest BCUT2D eigenvalue weighted by molar-refractivity contribution is 5.92. The lowest BCUT2D eigenvalue weighted by Crippen LogP contribution is -2.04. The van der Waals surface area contributed by atoms with Crippen molar-refractivity contribution in [2.24, 2.45) is 0 Å². The van der Waals surface area contributed by atoms with Crippen LogP contribution >= 0.6 is 0 Å². The molecule has 0 unspecified atom stereocenters. The molecule has 0 saturated heterocycles. The van der Waals surface area contributed by atoms with Gasteiger partial charge in [0.25, 0.3) is 0 Å². The number of aromatic nitrogens is 1. The topological polar surface area (TPSA) is 24.9 Å². The molecule has 0 radical (unpaired) electrons. The van der Waals surface area contributed by atoms with E-state index >= 15 is 0 Å². The second kappa shape index (κ2) is 5.47. The summed E-state index contributed by atoms with van der Waals surface area (Å²) in [6.07, 6.45) is 1.45. The van der Waals surface area contributed by atoms with Crippen LogP contribution in [0.25, 0.3) is 10.9 Å². The second-order valence-corrected chi connectivity index (χ2v) is 4.32. The van der Waals surface area contributed by atoms with Crippen LogP contribution in [0.1, 0.15) is 26.0 Å². The maximum absolute atomic E-state index is 13.8. The molecule has 2 nitrogen and oxygen atoms in total. The summed E-state index contributed by atoms with van der Waals surface area (Å²) in [6.45, 7) is 4.37. The quantitative estimate of drug-likeness (QED) is 0.847. The number of nitrogens with one attached hydrogen (secondary N) is 1. The first kappa shape index (κ1) is 13.6. The number of rotatable bonds is 4. The molecule has 0 aliphatic heterocycles. The predicted octanol–water partition coefficient (Wildman–Crippen LogP) is 4.04.